The molecule has 0 aliphatic heterocycles. The molecule has 0 aliphatic rings. The molecular formula is C20H17F3N2O2. The van der Waals surface area contributed by atoms with Crippen LogP contribution in [0.2, 0.25) is 0 Å². The van der Waals surface area contributed by atoms with Gasteiger partial charge in [-0.3, -0.25) is 0 Å². The molecule has 140 valence electrons. The summed E-state index contributed by atoms with van der Waals surface area (Å²) in [5.41, 5.74) is 0.339. The van der Waals surface area contributed by atoms with Gasteiger partial charge in [0.15, 0.2) is 0 Å². The molecule has 1 amide bonds. The third-order valence-corrected chi connectivity index (χ3v) is 3.59. The Morgan fingerprint density at radius 3 is 2.59 bits per heavy atom. The van der Waals surface area contributed by atoms with E-state index in [0.29, 0.717) is 18.5 Å². The summed E-state index contributed by atoms with van der Waals surface area (Å²) in [6, 6.07) is 14.0. The first-order valence-electron chi connectivity index (χ1n) is 8.12. The summed E-state index contributed by atoms with van der Waals surface area (Å²) in [4.78, 5) is 11.6. The summed E-state index contributed by atoms with van der Waals surface area (Å²) in [6.45, 7) is 0.465. The molecule has 0 saturated heterocycles. The Bertz CT molecular complexity index is 841. The van der Waals surface area contributed by atoms with Crippen molar-refractivity contribution in [3.8, 4) is 6.07 Å². The highest BCUT2D eigenvalue weighted by molar-refractivity contribution is 5.67. The third-order valence-electron chi connectivity index (χ3n) is 3.59. The first kappa shape index (κ1) is 20.0. The highest BCUT2D eigenvalue weighted by Gasteiger charge is 2.30. The Morgan fingerprint density at radius 1 is 1.19 bits per heavy atom. The molecule has 0 atom stereocenters. The Labute approximate surface area is 154 Å². The van der Waals surface area contributed by atoms with Crippen LogP contribution in [0.3, 0.4) is 0 Å². The molecule has 0 radical (unpaired) electrons. The number of nitrogens with zero attached hydrogens (tertiary/aromatic N) is 1. The van der Waals surface area contributed by atoms with E-state index in [2.05, 4.69) is 5.32 Å². The van der Waals surface area contributed by atoms with Crippen molar-refractivity contribution in [2.24, 2.45) is 0 Å². The average Bonchev–Trinajstić information content (AvgIpc) is 2.66. The zero-order chi connectivity index (χ0) is 19.7. The lowest BCUT2D eigenvalue weighted by Gasteiger charge is -2.08. The van der Waals surface area contributed by atoms with Gasteiger partial charge >= 0.3 is 12.3 Å². The van der Waals surface area contributed by atoms with E-state index in [9.17, 15) is 18.0 Å². The molecule has 2 aromatic carbocycles. The number of alkyl halides is 3. The molecule has 0 unspecified atom stereocenters. The fraction of sp³-hybridized carbons (Fsp3) is 0.200. The maximum atomic E-state index is 12.7. The van der Waals surface area contributed by atoms with Crippen molar-refractivity contribution < 1.29 is 22.7 Å². The van der Waals surface area contributed by atoms with E-state index in [1.165, 1.54) is 6.07 Å². The molecule has 0 aliphatic carbocycles. The fourth-order valence-electron chi connectivity index (χ4n) is 2.22. The number of amides is 1. The van der Waals surface area contributed by atoms with Gasteiger partial charge in [-0.05, 0) is 29.7 Å². The molecule has 0 spiro atoms. The normalized spacial score (nSPS) is 11.2. The second-order valence-corrected chi connectivity index (χ2v) is 5.59. The van der Waals surface area contributed by atoms with Crippen LogP contribution in [-0.2, 0) is 17.5 Å². The minimum Gasteiger partial charge on any atom is -0.445 e. The van der Waals surface area contributed by atoms with E-state index in [1.54, 1.807) is 18.2 Å². The fourth-order valence-corrected chi connectivity index (χ4v) is 2.22. The highest BCUT2D eigenvalue weighted by atomic mass is 19.4. The first-order chi connectivity index (χ1) is 12.9. The van der Waals surface area contributed by atoms with Crippen LogP contribution in [0, 0.1) is 11.3 Å². The van der Waals surface area contributed by atoms with E-state index >= 15 is 0 Å². The molecular weight excluding hydrogens is 357 g/mol. The summed E-state index contributed by atoms with van der Waals surface area (Å²) < 4.78 is 43.0. The van der Waals surface area contributed by atoms with Crippen LogP contribution in [0.4, 0.5) is 18.0 Å². The maximum absolute atomic E-state index is 12.7. The van der Waals surface area contributed by atoms with Crippen LogP contribution in [-0.4, -0.2) is 12.6 Å². The second-order valence-electron chi connectivity index (χ2n) is 5.59. The van der Waals surface area contributed by atoms with E-state index in [-0.39, 0.29) is 12.2 Å². The quantitative estimate of drug-likeness (QED) is 0.731. The van der Waals surface area contributed by atoms with Gasteiger partial charge in [0, 0.05) is 6.54 Å². The number of hydrogen-bond donors (Lipinski definition) is 1. The zero-order valence-corrected chi connectivity index (χ0v) is 14.3. The monoisotopic (exact) mass is 374 g/mol. The number of hydrogen-bond acceptors (Lipinski definition) is 3. The Balaban J connectivity index is 1.79. The van der Waals surface area contributed by atoms with Crippen LogP contribution in [0.15, 0.2) is 54.6 Å². The first-order valence-corrected chi connectivity index (χ1v) is 8.12. The number of carbonyl (C=O) groups is 1. The van der Waals surface area contributed by atoms with Crippen LogP contribution in [0.5, 0.6) is 0 Å². The SMILES string of the molecule is N#Cc1cc(C(F)(F)F)ccc1C=CCCNC(=O)OCc1ccccc1. The van der Waals surface area contributed by atoms with Crippen molar-refractivity contribution in [3.63, 3.8) is 0 Å². The predicted molar refractivity (Wildman–Crippen MR) is 94.4 cm³/mol. The molecule has 0 fully saturated rings. The van der Waals surface area contributed by atoms with Crippen LogP contribution >= 0.6 is 0 Å². The Morgan fingerprint density at radius 2 is 1.93 bits per heavy atom. The molecule has 0 aromatic heterocycles. The van der Waals surface area contributed by atoms with Gasteiger partial charge in [0.2, 0.25) is 0 Å². The van der Waals surface area contributed by atoms with E-state index in [0.717, 1.165) is 17.7 Å². The molecule has 2 rings (SSSR count). The van der Waals surface area contributed by atoms with Crippen molar-refractivity contribution in [1.29, 1.82) is 5.26 Å². The van der Waals surface area contributed by atoms with E-state index in [1.807, 2.05) is 30.3 Å². The smallest absolute Gasteiger partial charge is 0.416 e. The molecule has 0 saturated carbocycles. The summed E-state index contributed by atoms with van der Waals surface area (Å²) >= 11 is 0. The van der Waals surface area contributed by atoms with E-state index < -0.39 is 17.8 Å². The summed E-state index contributed by atoms with van der Waals surface area (Å²) in [6.07, 6.45) is -1.39. The molecule has 0 heterocycles. The number of rotatable bonds is 6. The number of carbonyl (C=O) groups excluding carboxylic acids is 1. The minimum atomic E-state index is -4.49. The van der Waals surface area contributed by atoms with E-state index in [4.69, 9.17) is 10.00 Å². The average molecular weight is 374 g/mol. The van der Waals surface area contributed by atoms with Gasteiger partial charge in [-0.25, -0.2) is 4.79 Å². The van der Waals surface area contributed by atoms with Gasteiger partial charge in [-0.2, -0.15) is 18.4 Å². The lowest BCUT2D eigenvalue weighted by molar-refractivity contribution is -0.137. The van der Waals surface area contributed by atoms with Gasteiger partial charge in [-0.15, -0.1) is 0 Å². The summed E-state index contributed by atoms with van der Waals surface area (Å²) in [7, 11) is 0. The van der Waals surface area contributed by atoms with Gasteiger partial charge in [0.05, 0.1) is 17.2 Å². The standard InChI is InChI=1S/C20H17F3N2O2/c21-20(22,23)18-10-9-16(17(12-18)13-24)8-4-5-11-25-19(26)27-14-15-6-2-1-3-7-15/h1-4,6-10,12H,5,11,14H2,(H,25,26). The molecule has 1 N–H and O–H groups in total. The van der Waals surface area contributed by atoms with Crippen LogP contribution in [0.25, 0.3) is 6.08 Å². The van der Waals surface area contributed by atoms with Crippen molar-refractivity contribution in [2.75, 3.05) is 6.54 Å². The van der Waals surface area contributed by atoms with Crippen molar-refractivity contribution >= 4 is 12.2 Å². The molecule has 7 heteroatoms. The maximum Gasteiger partial charge on any atom is 0.416 e. The lowest BCUT2D eigenvalue weighted by Crippen LogP contribution is -2.24. The number of benzene rings is 2. The number of halogens is 3. The van der Waals surface area contributed by atoms with Crippen LogP contribution < -0.4 is 5.32 Å². The third kappa shape index (κ3) is 6.51. The predicted octanol–water partition coefficient (Wildman–Crippen LogP) is 4.91. The number of nitrogens with one attached hydrogen (secondary N) is 1. The zero-order valence-electron chi connectivity index (χ0n) is 14.3. The molecule has 27 heavy (non-hydrogen) atoms. The number of nitriles is 1. The Kier molecular flexibility index (Phi) is 7.00. The molecule has 2 aromatic rings. The summed E-state index contributed by atoms with van der Waals surface area (Å²) in [5, 5.41) is 11.6. The van der Waals surface area contributed by atoms with Gasteiger partial charge in [0.1, 0.15) is 6.61 Å². The second kappa shape index (κ2) is 9.43. The summed E-state index contributed by atoms with van der Waals surface area (Å²) in [5.74, 6) is 0. The van der Waals surface area contributed by atoms with Gasteiger partial charge in [-0.1, -0.05) is 48.6 Å². The Hall–Kier alpha value is -3.27. The topological polar surface area (TPSA) is 62.1 Å². The van der Waals surface area contributed by atoms with Gasteiger partial charge < -0.3 is 10.1 Å². The highest BCUT2D eigenvalue weighted by Crippen LogP contribution is 2.30. The van der Waals surface area contributed by atoms with Crippen molar-refractivity contribution in [1.82, 2.24) is 5.32 Å². The largest absolute Gasteiger partial charge is 0.445 e. The number of ether oxygens (including phenoxy) is 1. The molecule has 4 nitrogen and oxygen atoms in total. The minimum absolute atomic E-state index is 0.0590. The van der Waals surface area contributed by atoms with Crippen molar-refractivity contribution in [3.05, 3.63) is 76.9 Å². The van der Waals surface area contributed by atoms with Crippen molar-refractivity contribution in [2.45, 2.75) is 19.2 Å². The van der Waals surface area contributed by atoms with Crippen LogP contribution in [0.1, 0.15) is 28.7 Å². The van der Waals surface area contributed by atoms with Gasteiger partial charge in [0.25, 0.3) is 0 Å². The number of alkyl carbamates (subject to hydrolysis) is 1. The lowest BCUT2D eigenvalue weighted by atomic mass is 10.0. The molecule has 0 bridgehead atoms.